The van der Waals surface area contributed by atoms with Crippen molar-refractivity contribution in [1.29, 1.82) is 0 Å². The highest BCUT2D eigenvalue weighted by Crippen LogP contribution is 2.40. The number of thioether (sulfide) groups is 1. The van der Waals surface area contributed by atoms with Crippen LogP contribution in [0.2, 0.25) is 0 Å². The lowest BCUT2D eigenvalue weighted by Gasteiger charge is -2.44. The summed E-state index contributed by atoms with van der Waals surface area (Å²) in [6, 6.07) is 0.165. The van der Waals surface area contributed by atoms with Crippen LogP contribution in [0.5, 0.6) is 5.75 Å². The van der Waals surface area contributed by atoms with Gasteiger partial charge in [-0.3, -0.25) is 24.0 Å². The van der Waals surface area contributed by atoms with Gasteiger partial charge in [0.15, 0.2) is 35.7 Å². The molecule has 0 saturated carbocycles. The molecule has 5 atom stereocenters. The summed E-state index contributed by atoms with van der Waals surface area (Å²) in [6.07, 6.45) is -4.62. The summed E-state index contributed by atoms with van der Waals surface area (Å²) in [6.45, 7) is 4.02. The summed E-state index contributed by atoms with van der Waals surface area (Å²) in [5, 5.41) is -1.72. The Labute approximate surface area is 218 Å². The molecule has 0 N–H and O–H groups in total. The first-order chi connectivity index (χ1) is 17.7. The van der Waals surface area contributed by atoms with Crippen molar-refractivity contribution in [3.8, 4) is 5.75 Å². The minimum absolute atomic E-state index is 0.165. The maximum atomic E-state index is 13.9. The van der Waals surface area contributed by atoms with Gasteiger partial charge in [0, 0.05) is 45.4 Å². The second-order valence-electron chi connectivity index (χ2n) is 8.05. The van der Waals surface area contributed by atoms with Gasteiger partial charge in [-0.1, -0.05) is 0 Å². The van der Waals surface area contributed by atoms with Gasteiger partial charge in [0.25, 0.3) is 0 Å². The van der Waals surface area contributed by atoms with E-state index in [1.807, 2.05) is 0 Å². The minimum atomic E-state index is -2.17. The standard InChI is InChI=1S/C23H24F4O10S/c1-9(28)33-8-16-22(35-11(3)30)23(36-12(4)31)21(34-10(2)29)15(38-16)5-6-17(32)37-14-7-13(24)18(25)20(27)19(14)26/h7,15-16,21-23H,5-6,8H2,1-4H3/t15-,16+,21-,22-,23+/m0/s1. The summed E-state index contributed by atoms with van der Waals surface area (Å²) in [4.78, 5) is 59.2. The van der Waals surface area contributed by atoms with Crippen LogP contribution >= 0.6 is 11.8 Å². The Morgan fingerprint density at radius 1 is 0.737 bits per heavy atom. The molecule has 0 aromatic heterocycles. The Morgan fingerprint density at radius 3 is 1.79 bits per heavy atom. The number of ether oxygens (including phenoxy) is 5. The molecule has 1 aliphatic rings. The van der Waals surface area contributed by atoms with Crippen LogP contribution in [0.25, 0.3) is 0 Å². The molecule has 38 heavy (non-hydrogen) atoms. The van der Waals surface area contributed by atoms with E-state index in [0.717, 1.165) is 39.5 Å². The molecule has 0 spiro atoms. The fourth-order valence-electron chi connectivity index (χ4n) is 3.61. The fraction of sp³-hybridized carbons (Fsp3) is 0.522. The first-order valence-electron chi connectivity index (χ1n) is 11.0. The third-order valence-corrected chi connectivity index (χ3v) is 6.62. The lowest BCUT2D eigenvalue weighted by atomic mass is 9.97. The molecule has 1 fully saturated rings. The number of esters is 5. The summed E-state index contributed by atoms with van der Waals surface area (Å²) >= 11 is 0.988. The monoisotopic (exact) mass is 568 g/mol. The van der Waals surface area contributed by atoms with Gasteiger partial charge in [-0.15, -0.1) is 11.8 Å². The van der Waals surface area contributed by atoms with E-state index >= 15 is 0 Å². The van der Waals surface area contributed by atoms with Crippen molar-refractivity contribution < 1.29 is 65.2 Å². The zero-order valence-electron chi connectivity index (χ0n) is 20.6. The fourth-order valence-corrected chi connectivity index (χ4v) is 5.19. The second-order valence-corrected chi connectivity index (χ2v) is 9.53. The smallest absolute Gasteiger partial charge is 0.311 e. The van der Waals surface area contributed by atoms with Crippen LogP contribution in [-0.4, -0.2) is 65.3 Å². The number of hydrogen-bond acceptors (Lipinski definition) is 11. The summed E-state index contributed by atoms with van der Waals surface area (Å²) in [5.41, 5.74) is 0. The van der Waals surface area contributed by atoms with Crippen LogP contribution < -0.4 is 4.74 Å². The Hall–Kier alpha value is -3.36. The van der Waals surface area contributed by atoms with Crippen LogP contribution in [0.1, 0.15) is 40.5 Å². The van der Waals surface area contributed by atoms with Crippen LogP contribution in [-0.2, 0) is 42.9 Å². The van der Waals surface area contributed by atoms with Gasteiger partial charge < -0.3 is 23.7 Å². The molecule has 1 aliphatic heterocycles. The van der Waals surface area contributed by atoms with E-state index in [-0.39, 0.29) is 19.1 Å². The molecule has 1 saturated heterocycles. The molecular formula is C23H24F4O10S. The average Bonchev–Trinajstić information content (AvgIpc) is 2.80. The molecule has 2 rings (SSSR count). The molecule has 0 aliphatic carbocycles. The second kappa shape index (κ2) is 13.4. The van der Waals surface area contributed by atoms with Crippen molar-refractivity contribution >= 4 is 41.6 Å². The zero-order chi connectivity index (χ0) is 28.7. The van der Waals surface area contributed by atoms with Crippen LogP contribution in [0.3, 0.4) is 0 Å². The van der Waals surface area contributed by atoms with E-state index in [2.05, 4.69) is 4.74 Å². The van der Waals surface area contributed by atoms with Crippen molar-refractivity contribution in [2.45, 2.75) is 69.3 Å². The third kappa shape index (κ3) is 8.33. The lowest BCUT2D eigenvalue weighted by molar-refractivity contribution is -0.185. The first kappa shape index (κ1) is 30.9. The van der Waals surface area contributed by atoms with Gasteiger partial charge in [0.2, 0.25) is 11.6 Å². The minimum Gasteiger partial charge on any atom is -0.465 e. The summed E-state index contributed by atoms with van der Waals surface area (Å²) < 4.78 is 79.5. The van der Waals surface area contributed by atoms with Crippen LogP contribution in [0.15, 0.2) is 6.07 Å². The van der Waals surface area contributed by atoms with Crippen molar-refractivity contribution in [3.05, 3.63) is 29.3 Å². The Balaban J connectivity index is 2.32. The first-order valence-corrected chi connectivity index (χ1v) is 12.0. The Bertz CT molecular complexity index is 1100. The molecule has 1 aromatic rings. The van der Waals surface area contributed by atoms with E-state index in [9.17, 15) is 41.5 Å². The predicted molar refractivity (Wildman–Crippen MR) is 120 cm³/mol. The van der Waals surface area contributed by atoms with Crippen LogP contribution in [0, 0.1) is 23.3 Å². The number of hydrogen-bond donors (Lipinski definition) is 0. The van der Waals surface area contributed by atoms with E-state index in [1.54, 1.807) is 0 Å². The average molecular weight is 568 g/mol. The van der Waals surface area contributed by atoms with Gasteiger partial charge in [-0.05, 0) is 6.42 Å². The lowest BCUT2D eigenvalue weighted by Crippen LogP contribution is -2.58. The summed E-state index contributed by atoms with van der Waals surface area (Å²) in [5.74, 6) is -13.4. The van der Waals surface area contributed by atoms with Crippen LogP contribution in [0.4, 0.5) is 17.6 Å². The zero-order valence-corrected chi connectivity index (χ0v) is 21.4. The Morgan fingerprint density at radius 2 is 1.26 bits per heavy atom. The van der Waals surface area contributed by atoms with Crippen molar-refractivity contribution in [1.82, 2.24) is 0 Å². The van der Waals surface area contributed by atoms with E-state index in [0.29, 0.717) is 0 Å². The van der Waals surface area contributed by atoms with Crippen molar-refractivity contribution in [3.63, 3.8) is 0 Å². The molecule has 210 valence electrons. The molecular weight excluding hydrogens is 544 g/mol. The number of carbonyl (C=O) groups is 5. The van der Waals surface area contributed by atoms with Gasteiger partial charge >= 0.3 is 29.8 Å². The molecule has 15 heteroatoms. The van der Waals surface area contributed by atoms with Gasteiger partial charge in [-0.2, -0.15) is 4.39 Å². The normalized spacial score (nSPS) is 22.7. The predicted octanol–water partition coefficient (Wildman–Crippen LogP) is 2.77. The SMILES string of the molecule is CC(=O)OC[C@H]1S[C@@H](CCC(=O)Oc2cc(F)c(F)c(F)c2F)[C@H](OC(C)=O)[C@@H](OC(C)=O)[C@H]1OC(C)=O. The molecule has 1 heterocycles. The van der Waals surface area contributed by atoms with Crippen molar-refractivity contribution in [2.75, 3.05) is 6.61 Å². The maximum Gasteiger partial charge on any atom is 0.311 e. The summed E-state index contributed by atoms with van der Waals surface area (Å²) in [7, 11) is 0. The quantitative estimate of drug-likeness (QED) is 0.109. The molecule has 1 aromatic carbocycles. The molecule has 0 radical (unpaired) electrons. The highest BCUT2D eigenvalue weighted by Gasteiger charge is 2.51. The van der Waals surface area contributed by atoms with E-state index in [4.69, 9.17) is 18.9 Å². The number of carbonyl (C=O) groups excluding carboxylic acids is 5. The highest BCUT2D eigenvalue weighted by atomic mass is 32.2. The van der Waals surface area contributed by atoms with Gasteiger partial charge in [-0.25, -0.2) is 13.2 Å². The molecule has 0 bridgehead atoms. The molecule has 10 nitrogen and oxygen atoms in total. The van der Waals surface area contributed by atoms with Crippen molar-refractivity contribution in [2.24, 2.45) is 0 Å². The van der Waals surface area contributed by atoms with E-state index in [1.165, 1.54) is 0 Å². The maximum absolute atomic E-state index is 13.9. The van der Waals surface area contributed by atoms with Gasteiger partial charge in [0.1, 0.15) is 6.61 Å². The Kier molecular flexibility index (Phi) is 10.9. The third-order valence-electron chi connectivity index (χ3n) is 5.01. The highest BCUT2D eigenvalue weighted by molar-refractivity contribution is 8.00. The molecule has 0 unspecified atom stereocenters. The topological polar surface area (TPSA) is 132 Å². The molecule has 0 amide bonds. The van der Waals surface area contributed by atoms with Gasteiger partial charge in [0.05, 0.1) is 5.25 Å². The number of benzene rings is 1. The largest absolute Gasteiger partial charge is 0.465 e. The number of halogens is 4. The number of rotatable bonds is 9. The van der Waals surface area contributed by atoms with E-state index < -0.39 is 94.1 Å².